The first-order valence-corrected chi connectivity index (χ1v) is 8.69. The number of hydrogen-bond acceptors (Lipinski definition) is 5. The molecule has 1 saturated carbocycles. The standard InChI is InChI=1S/C13H26N2O4S/c1-4-15(12-8-6-5-7-11(12)9-14)20(17,18)10(2)13(16)19-3/h10-12H,4-9,14H2,1-3H3. The predicted molar refractivity (Wildman–Crippen MR) is 77.6 cm³/mol. The van der Waals surface area contributed by atoms with Crippen LogP contribution in [0.25, 0.3) is 0 Å². The van der Waals surface area contributed by atoms with Crippen molar-refractivity contribution in [2.45, 2.75) is 50.8 Å². The third-order valence-corrected chi connectivity index (χ3v) is 6.43. The van der Waals surface area contributed by atoms with Gasteiger partial charge < -0.3 is 10.5 Å². The van der Waals surface area contributed by atoms with Crippen LogP contribution >= 0.6 is 0 Å². The van der Waals surface area contributed by atoms with Crippen molar-refractivity contribution in [3.05, 3.63) is 0 Å². The van der Waals surface area contributed by atoms with Crippen LogP contribution in [-0.2, 0) is 19.6 Å². The molecule has 20 heavy (non-hydrogen) atoms. The molecule has 0 spiro atoms. The van der Waals surface area contributed by atoms with E-state index in [0.29, 0.717) is 13.1 Å². The summed E-state index contributed by atoms with van der Waals surface area (Å²) < 4.78 is 31.2. The summed E-state index contributed by atoms with van der Waals surface area (Å²) in [6.07, 6.45) is 3.84. The smallest absolute Gasteiger partial charge is 0.325 e. The molecule has 0 saturated heterocycles. The van der Waals surface area contributed by atoms with E-state index in [1.807, 2.05) is 0 Å². The average molecular weight is 306 g/mol. The van der Waals surface area contributed by atoms with E-state index in [2.05, 4.69) is 4.74 Å². The number of rotatable bonds is 6. The molecule has 1 aliphatic carbocycles. The summed E-state index contributed by atoms with van der Waals surface area (Å²) in [5.74, 6) is -0.549. The predicted octanol–water partition coefficient (Wildman–Crippen LogP) is 0.717. The Bertz CT molecular complexity index is 424. The maximum absolute atomic E-state index is 12.6. The fourth-order valence-electron chi connectivity index (χ4n) is 2.94. The summed E-state index contributed by atoms with van der Waals surface area (Å²) >= 11 is 0. The zero-order valence-electron chi connectivity index (χ0n) is 12.5. The lowest BCUT2D eigenvalue weighted by Crippen LogP contribution is -2.51. The first-order chi connectivity index (χ1) is 9.39. The molecule has 0 aromatic rings. The minimum atomic E-state index is -3.70. The van der Waals surface area contributed by atoms with Crippen LogP contribution in [0.3, 0.4) is 0 Å². The van der Waals surface area contributed by atoms with E-state index in [4.69, 9.17) is 5.73 Å². The molecule has 2 N–H and O–H groups in total. The third kappa shape index (κ3) is 3.51. The van der Waals surface area contributed by atoms with Gasteiger partial charge >= 0.3 is 5.97 Å². The van der Waals surface area contributed by atoms with Gasteiger partial charge in [0.15, 0.2) is 5.25 Å². The second-order valence-electron chi connectivity index (χ2n) is 5.26. The molecule has 0 radical (unpaired) electrons. The molecule has 6 nitrogen and oxygen atoms in total. The summed E-state index contributed by atoms with van der Waals surface area (Å²) in [6.45, 7) is 4.00. The number of nitrogens with two attached hydrogens (primary N) is 1. The highest BCUT2D eigenvalue weighted by atomic mass is 32.2. The normalized spacial score (nSPS) is 25.4. The first kappa shape index (κ1) is 17.4. The number of methoxy groups -OCH3 is 1. The van der Waals surface area contributed by atoms with Crippen LogP contribution < -0.4 is 5.73 Å². The van der Waals surface area contributed by atoms with Gasteiger partial charge in [-0.2, -0.15) is 4.31 Å². The number of hydrogen-bond donors (Lipinski definition) is 1. The van der Waals surface area contributed by atoms with Crippen molar-refractivity contribution in [3.8, 4) is 0 Å². The van der Waals surface area contributed by atoms with E-state index in [1.165, 1.54) is 18.3 Å². The van der Waals surface area contributed by atoms with Crippen molar-refractivity contribution < 1.29 is 17.9 Å². The van der Waals surface area contributed by atoms with Crippen LogP contribution in [0, 0.1) is 5.92 Å². The van der Waals surface area contributed by atoms with E-state index >= 15 is 0 Å². The Morgan fingerprint density at radius 2 is 2.00 bits per heavy atom. The van der Waals surface area contributed by atoms with Crippen molar-refractivity contribution in [1.82, 2.24) is 4.31 Å². The van der Waals surface area contributed by atoms with Gasteiger partial charge in [-0.15, -0.1) is 0 Å². The molecule has 3 unspecified atom stereocenters. The average Bonchev–Trinajstić information content (AvgIpc) is 2.46. The minimum absolute atomic E-state index is 0.101. The second kappa shape index (κ2) is 7.38. The van der Waals surface area contributed by atoms with E-state index in [0.717, 1.165) is 25.7 Å². The fourth-order valence-corrected chi connectivity index (χ4v) is 4.70. The molecule has 3 atom stereocenters. The zero-order chi connectivity index (χ0) is 15.3. The maximum Gasteiger partial charge on any atom is 0.325 e. The monoisotopic (exact) mass is 306 g/mol. The highest BCUT2D eigenvalue weighted by Gasteiger charge is 2.40. The molecule has 1 fully saturated rings. The van der Waals surface area contributed by atoms with Gasteiger partial charge in [-0.3, -0.25) is 4.79 Å². The molecule has 7 heteroatoms. The van der Waals surface area contributed by atoms with Crippen LogP contribution in [0.4, 0.5) is 0 Å². The zero-order valence-corrected chi connectivity index (χ0v) is 13.4. The van der Waals surface area contributed by atoms with E-state index < -0.39 is 21.2 Å². The van der Waals surface area contributed by atoms with Gasteiger partial charge in [0.25, 0.3) is 0 Å². The highest BCUT2D eigenvalue weighted by Crippen LogP contribution is 2.30. The summed E-state index contributed by atoms with van der Waals surface area (Å²) in [4.78, 5) is 11.6. The number of ether oxygens (including phenoxy) is 1. The van der Waals surface area contributed by atoms with Gasteiger partial charge in [0.2, 0.25) is 10.0 Å². The largest absolute Gasteiger partial charge is 0.468 e. The SMILES string of the molecule is CCN(C1CCCCC1CN)S(=O)(=O)C(C)C(=O)OC. The minimum Gasteiger partial charge on any atom is -0.468 e. The van der Waals surface area contributed by atoms with E-state index in [-0.39, 0.29) is 12.0 Å². The first-order valence-electron chi connectivity index (χ1n) is 7.18. The topological polar surface area (TPSA) is 89.7 Å². The summed E-state index contributed by atoms with van der Waals surface area (Å²) in [7, 11) is -2.50. The van der Waals surface area contributed by atoms with Crippen molar-refractivity contribution in [2.24, 2.45) is 11.7 Å². The Labute approximate surface area is 121 Å². The van der Waals surface area contributed by atoms with Crippen LogP contribution in [0.2, 0.25) is 0 Å². The van der Waals surface area contributed by atoms with Crippen molar-refractivity contribution >= 4 is 16.0 Å². The number of sulfonamides is 1. The molecular formula is C13H26N2O4S. The fraction of sp³-hybridized carbons (Fsp3) is 0.923. The summed E-state index contributed by atoms with van der Waals surface area (Å²) in [6, 6.07) is -0.101. The molecule has 0 aliphatic heterocycles. The molecule has 1 rings (SSSR count). The molecule has 0 amide bonds. The van der Waals surface area contributed by atoms with E-state index in [9.17, 15) is 13.2 Å². The Morgan fingerprint density at radius 3 is 2.50 bits per heavy atom. The molecular weight excluding hydrogens is 280 g/mol. The molecule has 0 aromatic heterocycles. The van der Waals surface area contributed by atoms with Crippen LogP contribution in [-0.4, -0.2) is 50.2 Å². The lowest BCUT2D eigenvalue weighted by molar-refractivity contribution is -0.139. The Morgan fingerprint density at radius 1 is 1.40 bits per heavy atom. The van der Waals surface area contributed by atoms with Gasteiger partial charge in [0, 0.05) is 12.6 Å². The third-order valence-electron chi connectivity index (χ3n) is 4.16. The number of esters is 1. The lowest BCUT2D eigenvalue weighted by atomic mass is 9.84. The number of carbonyl (C=O) groups excluding carboxylic acids is 1. The van der Waals surface area contributed by atoms with Crippen LogP contribution in [0.5, 0.6) is 0 Å². The van der Waals surface area contributed by atoms with Crippen molar-refractivity contribution in [1.29, 1.82) is 0 Å². The lowest BCUT2D eigenvalue weighted by Gasteiger charge is -2.39. The van der Waals surface area contributed by atoms with Gasteiger partial charge in [0.05, 0.1) is 7.11 Å². The Hall–Kier alpha value is -0.660. The van der Waals surface area contributed by atoms with Gasteiger partial charge in [0.1, 0.15) is 0 Å². The highest BCUT2D eigenvalue weighted by molar-refractivity contribution is 7.90. The van der Waals surface area contributed by atoms with Crippen molar-refractivity contribution in [2.75, 3.05) is 20.2 Å². The summed E-state index contributed by atoms with van der Waals surface area (Å²) in [5, 5.41) is -1.17. The number of nitrogens with zero attached hydrogens (tertiary/aromatic N) is 1. The van der Waals surface area contributed by atoms with Gasteiger partial charge in [-0.1, -0.05) is 19.8 Å². The van der Waals surface area contributed by atoms with E-state index in [1.54, 1.807) is 6.92 Å². The molecule has 1 aliphatic rings. The van der Waals surface area contributed by atoms with Gasteiger partial charge in [-0.25, -0.2) is 8.42 Å². The molecule has 118 valence electrons. The maximum atomic E-state index is 12.6. The summed E-state index contributed by atoms with van der Waals surface area (Å²) in [5.41, 5.74) is 5.78. The quantitative estimate of drug-likeness (QED) is 0.730. The molecule has 0 bridgehead atoms. The number of carbonyl (C=O) groups is 1. The Kier molecular flexibility index (Phi) is 6.42. The molecule has 0 heterocycles. The Balaban J connectivity index is 3.01. The second-order valence-corrected chi connectivity index (χ2v) is 7.47. The van der Waals surface area contributed by atoms with Crippen molar-refractivity contribution in [3.63, 3.8) is 0 Å². The van der Waals surface area contributed by atoms with Crippen LogP contribution in [0.1, 0.15) is 39.5 Å². The van der Waals surface area contributed by atoms with Gasteiger partial charge in [-0.05, 0) is 32.2 Å². The van der Waals surface area contributed by atoms with Crippen LogP contribution in [0.15, 0.2) is 0 Å². The molecule has 0 aromatic carbocycles.